The van der Waals surface area contributed by atoms with Crippen molar-refractivity contribution < 1.29 is 14.3 Å². The third-order valence-electron chi connectivity index (χ3n) is 3.26. The summed E-state index contributed by atoms with van der Waals surface area (Å²) in [6, 6.07) is 8.45. The molecule has 0 saturated carbocycles. The molecule has 1 aromatic heterocycles. The molecule has 0 unspecified atom stereocenters. The first-order valence-electron chi connectivity index (χ1n) is 7.43. The summed E-state index contributed by atoms with van der Waals surface area (Å²) in [7, 11) is 0. The number of carbonyl (C=O) groups excluding carboxylic acids is 1. The zero-order valence-corrected chi connectivity index (χ0v) is 14.0. The topological polar surface area (TPSA) is 48.4 Å². The van der Waals surface area contributed by atoms with Gasteiger partial charge in [-0.25, -0.2) is 9.78 Å². The first kappa shape index (κ1) is 16.6. The molecule has 2 rings (SSSR count). The summed E-state index contributed by atoms with van der Waals surface area (Å²) >= 11 is 1.60. The number of rotatable bonds is 7. The fourth-order valence-electron chi connectivity index (χ4n) is 2.00. The van der Waals surface area contributed by atoms with Gasteiger partial charge in [0.25, 0.3) is 0 Å². The molecule has 2 aromatic rings. The number of benzene rings is 1. The second-order valence-corrected chi connectivity index (χ2v) is 5.96. The number of aryl methyl sites for hydroxylation is 2. The molecular formula is C17H21NO3S. The summed E-state index contributed by atoms with van der Waals surface area (Å²) in [6.45, 7) is 6.62. The summed E-state index contributed by atoms with van der Waals surface area (Å²) in [5.74, 6) is -0.333. The molecule has 0 aliphatic heterocycles. The highest BCUT2D eigenvalue weighted by Gasteiger charge is 2.10. The molecule has 4 nitrogen and oxygen atoms in total. The van der Waals surface area contributed by atoms with E-state index in [2.05, 4.69) is 36.2 Å². The molecule has 0 spiro atoms. The quantitative estimate of drug-likeness (QED) is 0.729. The number of hydrogen-bond acceptors (Lipinski definition) is 5. The molecule has 0 bridgehead atoms. The Morgan fingerprint density at radius 3 is 2.59 bits per heavy atom. The molecule has 0 fully saturated rings. The van der Waals surface area contributed by atoms with E-state index in [-0.39, 0.29) is 12.6 Å². The van der Waals surface area contributed by atoms with E-state index in [0.29, 0.717) is 13.2 Å². The van der Waals surface area contributed by atoms with Crippen molar-refractivity contribution in [2.24, 2.45) is 0 Å². The van der Waals surface area contributed by atoms with Crippen LogP contribution in [0.5, 0.6) is 0 Å². The lowest BCUT2D eigenvalue weighted by atomic mass is 10.1. The second-order valence-electron chi connectivity index (χ2n) is 4.88. The fourth-order valence-corrected chi connectivity index (χ4v) is 3.00. The van der Waals surface area contributed by atoms with Crippen molar-refractivity contribution in [1.82, 2.24) is 4.98 Å². The Labute approximate surface area is 135 Å². The van der Waals surface area contributed by atoms with Crippen LogP contribution < -0.4 is 0 Å². The minimum Gasteiger partial charge on any atom is -0.464 e. The molecule has 5 heteroatoms. The van der Waals surface area contributed by atoms with E-state index < -0.39 is 0 Å². The maximum Gasteiger partial charge on any atom is 0.332 e. The number of hydrogen-bond donors (Lipinski definition) is 0. The Morgan fingerprint density at radius 2 is 1.95 bits per heavy atom. The fraction of sp³-hybridized carbons (Fsp3) is 0.412. The molecule has 1 aromatic carbocycles. The number of aromatic nitrogens is 1. The number of ether oxygens (including phenoxy) is 2. The van der Waals surface area contributed by atoms with Gasteiger partial charge in [-0.1, -0.05) is 31.2 Å². The summed E-state index contributed by atoms with van der Waals surface area (Å²) in [5, 5.41) is 0.981. The van der Waals surface area contributed by atoms with E-state index >= 15 is 0 Å². The average Bonchev–Trinajstić information content (AvgIpc) is 2.89. The van der Waals surface area contributed by atoms with Crippen LogP contribution in [0, 0.1) is 6.92 Å². The van der Waals surface area contributed by atoms with Crippen LogP contribution in [0.25, 0.3) is 10.6 Å². The Hall–Kier alpha value is -1.72. The third-order valence-corrected chi connectivity index (χ3v) is 4.44. The largest absolute Gasteiger partial charge is 0.464 e. The standard InChI is InChI=1S/C17H21NO3S/c1-4-13-6-8-14(9-7-13)17-18-12(3)15(22-17)10-20-11-16(19)21-5-2/h6-9H,4-5,10-11H2,1-3H3. The lowest BCUT2D eigenvalue weighted by Gasteiger charge is -2.02. The third kappa shape index (κ3) is 4.39. The van der Waals surface area contributed by atoms with Gasteiger partial charge in [0.1, 0.15) is 11.6 Å². The van der Waals surface area contributed by atoms with Crippen LogP contribution in [0.2, 0.25) is 0 Å². The Morgan fingerprint density at radius 1 is 1.23 bits per heavy atom. The number of thiazole rings is 1. The summed E-state index contributed by atoms with van der Waals surface area (Å²) in [6.07, 6.45) is 1.03. The molecule has 0 saturated heterocycles. The highest BCUT2D eigenvalue weighted by atomic mass is 32.1. The average molecular weight is 319 g/mol. The molecule has 118 valence electrons. The van der Waals surface area contributed by atoms with Crippen molar-refractivity contribution in [2.75, 3.05) is 13.2 Å². The Kier molecular flexibility index (Phi) is 6.10. The molecule has 0 aliphatic rings. The van der Waals surface area contributed by atoms with E-state index in [9.17, 15) is 4.79 Å². The molecule has 22 heavy (non-hydrogen) atoms. The lowest BCUT2D eigenvalue weighted by Crippen LogP contribution is -2.12. The van der Waals surface area contributed by atoms with Gasteiger partial charge in [-0.05, 0) is 25.8 Å². The van der Waals surface area contributed by atoms with Crippen molar-refractivity contribution in [3.05, 3.63) is 40.4 Å². The zero-order valence-electron chi connectivity index (χ0n) is 13.2. The van der Waals surface area contributed by atoms with Gasteiger partial charge >= 0.3 is 5.97 Å². The lowest BCUT2D eigenvalue weighted by molar-refractivity contribution is -0.148. The minimum absolute atomic E-state index is 0.0221. The van der Waals surface area contributed by atoms with E-state index in [4.69, 9.17) is 9.47 Å². The van der Waals surface area contributed by atoms with E-state index in [1.807, 2.05) is 6.92 Å². The maximum absolute atomic E-state index is 11.2. The van der Waals surface area contributed by atoms with Crippen LogP contribution in [0.1, 0.15) is 30.0 Å². The van der Waals surface area contributed by atoms with Gasteiger partial charge in [0, 0.05) is 5.56 Å². The van der Waals surface area contributed by atoms with Crippen LogP contribution in [0.4, 0.5) is 0 Å². The normalized spacial score (nSPS) is 10.7. The molecule has 0 atom stereocenters. The smallest absolute Gasteiger partial charge is 0.332 e. The van der Waals surface area contributed by atoms with Gasteiger partial charge in [0.15, 0.2) is 0 Å². The number of carbonyl (C=O) groups is 1. The van der Waals surface area contributed by atoms with E-state index in [0.717, 1.165) is 27.6 Å². The number of esters is 1. The van der Waals surface area contributed by atoms with E-state index in [1.54, 1.807) is 18.3 Å². The van der Waals surface area contributed by atoms with Gasteiger partial charge in [0.05, 0.1) is 23.8 Å². The van der Waals surface area contributed by atoms with Crippen molar-refractivity contribution in [3.8, 4) is 10.6 Å². The Balaban J connectivity index is 1.99. The first-order valence-corrected chi connectivity index (χ1v) is 8.24. The molecule has 0 radical (unpaired) electrons. The van der Waals surface area contributed by atoms with Crippen molar-refractivity contribution in [1.29, 1.82) is 0 Å². The number of nitrogens with zero attached hydrogens (tertiary/aromatic N) is 1. The molecule has 0 amide bonds. The second kappa shape index (κ2) is 8.06. The molecule has 0 aliphatic carbocycles. The van der Waals surface area contributed by atoms with Crippen molar-refractivity contribution in [3.63, 3.8) is 0 Å². The van der Waals surface area contributed by atoms with Gasteiger partial charge in [-0.3, -0.25) is 0 Å². The molecule has 1 heterocycles. The predicted molar refractivity (Wildman–Crippen MR) is 88.0 cm³/mol. The monoisotopic (exact) mass is 319 g/mol. The van der Waals surface area contributed by atoms with Crippen LogP contribution >= 0.6 is 11.3 Å². The first-order chi connectivity index (χ1) is 10.6. The summed E-state index contributed by atoms with van der Waals surface area (Å²) in [4.78, 5) is 16.9. The van der Waals surface area contributed by atoms with Crippen LogP contribution in [0.3, 0.4) is 0 Å². The maximum atomic E-state index is 11.2. The van der Waals surface area contributed by atoms with Crippen LogP contribution in [-0.4, -0.2) is 24.2 Å². The van der Waals surface area contributed by atoms with Crippen molar-refractivity contribution in [2.45, 2.75) is 33.8 Å². The minimum atomic E-state index is -0.333. The predicted octanol–water partition coefficient (Wildman–Crippen LogP) is 3.76. The van der Waals surface area contributed by atoms with Gasteiger partial charge in [-0.2, -0.15) is 0 Å². The van der Waals surface area contributed by atoms with Crippen LogP contribution in [-0.2, 0) is 27.3 Å². The molecular weight excluding hydrogens is 298 g/mol. The highest BCUT2D eigenvalue weighted by Crippen LogP contribution is 2.28. The zero-order chi connectivity index (χ0) is 15.9. The summed E-state index contributed by atoms with van der Waals surface area (Å²) in [5.41, 5.74) is 3.38. The summed E-state index contributed by atoms with van der Waals surface area (Å²) < 4.78 is 10.2. The van der Waals surface area contributed by atoms with Crippen LogP contribution in [0.15, 0.2) is 24.3 Å². The SMILES string of the molecule is CCOC(=O)COCc1sc(-c2ccc(CC)cc2)nc1C. The Bertz CT molecular complexity index is 619. The van der Waals surface area contributed by atoms with Gasteiger partial charge in [-0.15, -0.1) is 11.3 Å². The highest BCUT2D eigenvalue weighted by molar-refractivity contribution is 7.15. The van der Waals surface area contributed by atoms with E-state index in [1.165, 1.54) is 5.56 Å². The van der Waals surface area contributed by atoms with Gasteiger partial charge < -0.3 is 9.47 Å². The molecule has 0 N–H and O–H groups in total. The van der Waals surface area contributed by atoms with Crippen molar-refractivity contribution >= 4 is 17.3 Å². The van der Waals surface area contributed by atoms with Gasteiger partial charge in [0.2, 0.25) is 0 Å².